The zero-order valence-corrected chi connectivity index (χ0v) is 20.2. The minimum Gasteiger partial charge on any atom is -0.381 e. The topological polar surface area (TPSA) is 74.8 Å². The molecule has 0 heterocycles. The standard InChI is InChI=1S/C22H36N4O2.HI/c1-3-4-14-28-15-8-13-24-22(23-2)25-17-18-9-7-12-20(16-18)26-21(27)19-10-5-6-11-19;/h7,9,12,16,19H,3-6,8,10-11,13-15,17H2,1-2H3,(H,26,27)(H2,23,24,25);1H. The number of hydrogen-bond acceptors (Lipinski definition) is 3. The van der Waals surface area contributed by atoms with Gasteiger partial charge in [-0.05, 0) is 43.4 Å². The number of rotatable bonds is 11. The van der Waals surface area contributed by atoms with Gasteiger partial charge in [-0.25, -0.2) is 0 Å². The Morgan fingerprint density at radius 3 is 2.66 bits per heavy atom. The van der Waals surface area contributed by atoms with Crippen molar-refractivity contribution in [2.45, 2.75) is 58.4 Å². The molecule has 7 heteroatoms. The zero-order valence-electron chi connectivity index (χ0n) is 17.8. The molecule has 2 rings (SSSR count). The molecule has 1 amide bonds. The van der Waals surface area contributed by atoms with E-state index in [4.69, 9.17) is 4.74 Å². The van der Waals surface area contributed by atoms with Crippen LogP contribution in [-0.4, -0.2) is 38.7 Å². The second-order valence-corrected chi connectivity index (χ2v) is 7.34. The second-order valence-electron chi connectivity index (χ2n) is 7.34. The molecule has 1 saturated carbocycles. The first-order valence-electron chi connectivity index (χ1n) is 10.6. The van der Waals surface area contributed by atoms with E-state index in [1.165, 1.54) is 19.3 Å². The van der Waals surface area contributed by atoms with E-state index in [0.717, 1.165) is 62.7 Å². The van der Waals surface area contributed by atoms with Crippen molar-refractivity contribution in [1.82, 2.24) is 10.6 Å². The van der Waals surface area contributed by atoms with E-state index in [1.54, 1.807) is 7.05 Å². The van der Waals surface area contributed by atoms with Gasteiger partial charge in [-0.2, -0.15) is 0 Å². The minimum absolute atomic E-state index is 0. The molecule has 0 saturated heterocycles. The third-order valence-electron chi connectivity index (χ3n) is 5.00. The third-order valence-corrected chi connectivity index (χ3v) is 5.00. The number of nitrogens with zero attached hydrogens (tertiary/aromatic N) is 1. The molecule has 0 radical (unpaired) electrons. The van der Waals surface area contributed by atoms with Crippen molar-refractivity contribution in [3.8, 4) is 0 Å². The maximum atomic E-state index is 12.3. The number of amides is 1. The summed E-state index contributed by atoms with van der Waals surface area (Å²) in [7, 11) is 1.77. The maximum absolute atomic E-state index is 12.3. The number of carbonyl (C=O) groups is 1. The summed E-state index contributed by atoms with van der Waals surface area (Å²) in [4.78, 5) is 16.6. The van der Waals surface area contributed by atoms with Crippen LogP contribution < -0.4 is 16.0 Å². The predicted molar refractivity (Wildman–Crippen MR) is 131 cm³/mol. The Balaban J connectivity index is 0.00000420. The summed E-state index contributed by atoms with van der Waals surface area (Å²) < 4.78 is 5.57. The quantitative estimate of drug-likeness (QED) is 0.178. The van der Waals surface area contributed by atoms with E-state index < -0.39 is 0 Å². The Morgan fingerprint density at radius 2 is 1.93 bits per heavy atom. The largest absolute Gasteiger partial charge is 0.381 e. The highest BCUT2D eigenvalue weighted by Crippen LogP contribution is 2.26. The molecule has 0 bridgehead atoms. The number of nitrogens with one attached hydrogen (secondary N) is 3. The van der Waals surface area contributed by atoms with Gasteiger partial charge >= 0.3 is 0 Å². The number of benzene rings is 1. The second kappa shape index (κ2) is 15.5. The van der Waals surface area contributed by atoms with Crippen LogP contribution in [0.4, 0.5) is 5.69 Å². The van der Waals surface area contributed by atoms with Crippen molar-refractivity contribution in [2.75, 3.05) is 32.1 Å². The number of hydrogen-bond donors (Lipinski definition) is 3. The summed E-state index contributed by atoms with van der Waals surface area (Å²) in [5.74, 6) is 1.10. The summed E-state index contributed by atoms with van der Waals surface area (Å²) in [6.07, 6.45) is 7.60. The number of ether oxygens (including phenoxy) is 1. The molecule has 0 aromatic heterocycles. The number of guanidine groups is 1. The van der Waals surface area contributed by atoms with Gasteiger partial charge in [0.2, 0.25) is 5.91 Å². The molecule has 1 aliphatic carbocycles. The Kier molecular flexibility index (Phi) is 13.7. The number of anilines is 1. The highest BCUT2D eigenvalue weighted by atomic mass is 127. The van der Waals surface area contributed by atoms with Gasteiger partial charge in [-0.3, -0.25) is 9.79 Å². The Morgan fingerprint density at radius 1 is 1.17 bits per heavy atom. The van der Waals surface area contributed by atoms with E-state index in [0.29, 0.717) is 6.54 Å². The van der Waals surface area contributed by atoms with Crippen LogP contribution in [0.15, 0.2) is 29.3 Å². The number of aliphatic imine (C=N–C) groups is 1. The highest BCUT2D eigenvalue weighted by Gasteiger charge is 2.22. The van der Waals surface area contributed by atoms with Gasteiger partial charge in [0.25, 0.3) is 0 Å². The van der Waals surface area contributed by atoms with Gasteiger partial charge in [-0.1, -0.05) is 38.3 Å². The average Bonchev–Trinajstić information content (AvgIpc) is 3.25. The first kappa shape index (κ1) is 25.7. The van der Waals surface area contributed by atoms with Crippen molar-refractivity contribution >= 4 is 41.5 Å². The molecule has 1 aromatic rings. The van der Waals surface area contributed by atoms with Gasteiger partial charge in [0, 0.05) is 45.0 Å². The van der Waals surface area contributed by atoms with Gasteiger partial charge in [0.15, 0.2) is 5.96 Å². The van der Waals surface area contributed by atoms with Crippen LogP contribution in [0.5, 0.6) is 0 Å². The van der Waals surface area contributed by atoms with Crippen LogP contribution in [0, 0.1) is 5.92 Å². The SMILES string of the molecule is CCCCOCCCNC(=NC)NCc1cccc(NC(=O)C2CCCC2)c1.I. The Bertz CT molecular complexity index is 619. The predicted octanol–water partition coefficient (Wildman–Crippen LogP) is 4.31. The van der Waals surface area contributed by atoms with Gasteiger partial charge in [-0.15, -0.1) is 24.0 Å². The molecule has 0 aliphatic heterocycles. The molecular formula is C22H37IN4O2. The van der Waals surface area contributed by atoms with Gasteiger partial charge in [0.1, 0.15) is 0 Å². The average molecular weight is 516 g/mol. The number of halogens is 1. The van der Waals surface area contributed by atoms with E-state index in [9.17, 15) is 4.79 Å². The Labute approximate surface area is 192 Å². The molecule has 1 aliphatic rings. The zero-order chi connectivity index (χ0) is 20.0. The van der Waals surface area contributed by atoms with Crippen LogP contribution in [0.2, 0.25) is 0 Å². The van der Waals surface area contributed by atoms with Crippen molar-refractivity contribution in [2.24, 2.45) is 10.9 Å². The fourth-order valence-electron chi connectivity index (χ4n) is 3.33. The molecule has 0 atom stereocenters. The van der Waals surface area contributed by atoms with Gasteiger partial charge in [0.05, 0.1) is 0 Å². The fraction of sp³-hybridized carbons (Fsp3) is 0.636. The highest BCUT2D eigenvalue weighted by molar-refractivity contribution is 14.0. The molecule has 1 aromatic carbocycles. The molecule has 29 heavy (non-hydrogen) atoms. The molecular weight excluding hydrogens is 479 g/mol. The molecule has 6 nitrogen and oxygen atoms in total. The van der Waals surface area contributed by atoms with Crippen LogP contribution in [0.3, 0.4) is 0 Å². The molecule has 164 valence electrons. The van der Waals surface area contributed by atoms with Crippen molar-refractivity contribution in [3.63, 3.8) is 0 Å². The number of unbranched alkanes of at least 4 members (excludes halogenated alkanes) is 1. The smallest absolute Gasteiger partial charge is 0.227 e. The van der Waals surface area contributed by atoms with Crippen molar-refractivity contribution in [1.29, 1.82) is 0 Å². The molecule has 3 N–H and O–H groups in total. The monoisotopic (exact) mass is 516 g/mol. The van der Waals surface area contributed by atoms with Crippen molar-refractivity contribution < 1.29 is 9.53 Å². The lowest BCUT2D eigenvalue weighted by molar-refractivity contribution is -0.119. The lowest BCUT2D eigenvalue weighted by Gasteiger charge is -2.14. The van der Waals surface area contributed by atoms with Crippen LogP contribution in [-0.2, 0) is 16.1 Å². The summed E-state index contributed by atoms with van der Waals surface area (Å²) in [5.41, 5.74) is 1.97. The summed E-state index contributed by atoms with van der Waals surface area (Å²) in [5, 5.41) is 9.68. The molecule has 0 unspecified atom stereocenters. The normalized spacial score (nSPS) is 14.3. The lowest BCUT2D eigenvalue weighted by atomic mass is 10.1. The molecule has 0 spiro atoms. The third kappa shape index (κ3) is 10.3. The van der Waals surface area contributed by atoms with Gasteiger partial charge < -0.3 is 20.7 Å². The van der Waals surface area contributed by atoms with E-state index in [1.807, 2.05) is 24.3 Å². The Hall–Kier alpha value is -1.35. The van der Waals surface area contributed by atoms with Crippen LogP contribution in [0.1, 0.15) is 57.4 Å². The first-order chi connectivity index (χ1) is 13.7. The van der Waals surface area contributed by atoms with Crippen LogP contribution in [0.25, 0.3) is 0 Å². The summed E-state index contributed by atoms with van der Waals surface area (Å²) in [6.45, 7) is 5.26. The molecule has 1 fully saturated rings. The van der Waals surface area contributed by atoms with E-state index >= 15 is 0 Å². The van der Waals surface area contributed by atoms with E-state index in [2.05, 4.69) is 27.9 Å². The first-order valence-corrected chi connectivity index (χ1v) is 10.6. The summed E-state index contributed by atoms with van der Waals surface area (Å²) in [6, 6.07) is 7.99. The number of carbonyl (C=O) groups excluding carboxylic acids is 1. The van der Waals surface area contributed by atoms with Crippen LogP contribution >= 0.6 is 24.0 Å². The maximum Gasteiger partial charge on any atom is 0.227 e. The minimum atomic E-state index is 0. The lowest BCUT2D eigenvalue weighted by Crippen LogP contribution is -2.37. The van der Waals surface area contributed by atoms with Crippen molar-refractivity contribution in [3.05, 3.63) is 29.8 Å². The summed E-state index contributed by atoms with van der Waals surface area (Å²) >= 11 is 0. The fourth-order valence-corrected chi connectivity index (χ4v) is 3.33. The van der Waals surface area contributed by atoms with E-state index in [-0.39, 0.29) is 35.8 Å².